The van der Waals surface area contributed by atoms with Gasteiger partial charge in [-0.3, -0.25) is 9.20 Å². The Morgan fingerprint density at radius 1 is 1.14 bits per heavy atom. The van der Waals surface area contributed by atoms with Crippen molar-refractivity contribution in [3.05, 3.63) is 71.2 Å². The van der Waals surface area contributed by atoms with Crippen molar-refractivity contribution in [3.63, 3.8) is 0 Å². The van der Waals surface area contributed by atoms with E-state index in [2.05, 4.69) is 10.3 Å². The number of aryl methyl sites for hydroxylation is 2. The van der Waals surface area contributed by atoms with Crippen molar-refractivity contribution in [1.82, 2.24) is 14.7 Å². The number of carbonyl (C=O) groups excluding carboxylic acids is 1. The van der Waals surface area contributed by atoms with E-state index in [1.54, 1.807) is 0 Å². The van der Waals surface area contributed by atoms with E-state index in [4.69, 9.17) is 0 Å². The third kappa shape index (κ3) is 2.60. The van der Waals surface area contributed by atoms with E-state index >= 15 is 0 Å². The molecule has 0 spiro atoms. The summed E-state index contributed by atoms with van der Waals surface area (Å²) in [5.41, 5.74) is 4.30. The number of amides is 1. The molecule has 0 saturated carbocycles. The van der Waals surface area contributed by atoms with Crippen molar-refractivity contribution < 1.29 is 4.79 Å². The minimum Gasteiger partial charge on any atom is -0.344 e. The summed E-state index contributed by atoms with van der Waals surface area (Å²) in [6.45, 7) is 5.85. The molecule has 22 heavy (non-hydrogen) atoms. The highest BCUT2D eigenvalue weighted by molar-refractivity contribution is 5.94. The highest BCUT2D eigenvalue weighted by Gasteiger charge is 2.18. The van der Waals surface area contributed by atoms with Crippen LogP contribution in [0.5, 0.6) is 0 Å². The van der Waals surface area contributed by atoms with Crippen LogP contribution in [0.1, 0.15) is 40.3 Å². The molecule has 1 N–H and O–H groups in total. The standard InChI is InChI=1S/C18H19N3O/c1-12-9-10-16-19-14(3)17(21(16)11-12)18(22)20-13(2)15-7-5-4-6-8-15/h4-11,13H,1-3H3,(H,20,22). The zero-order valence-corrected chi connectivity index (χ0v) is 13.0. The normalized spacial score (nSPS) is 12.3. The highest BCUT2D eigenvalue weighted by Crippen LogP contribution is 2.16. The summed E-state index contributed by atoms with van der Waals surface area (Å²) in [5, 5.41) is 3.05. The monoisotopic (exact) mass is 293 g/mol. The summed E-state index contributed by atoms with van der Waals surface area (Å²) in [5.74, 6) is -0.105. The van der Waals surface area contributed by atoms with Gasteiger partial charge in [0.15, 0.2) is 0 Å². The van der Waals surface area contributed by atoms with Gasteiger partial charge in [0.1, 0.15) is 11.3 Å². The number of hydrogen-bond donors (Lipinski definition) is 1. The Labute approximate surface area is 129 Å². The van der Waals surface area contributed by atoms with Gasteiger partial charge in [0.05, 0.1) is 11.7 Å². The summed E-state index contributed by atoms with van der Waals surface area (Å²) < 4.78 is 1.86. The number of pyridine rings is 1. The van der Waals surface area contributed by atoms with Crippen LogP contribution < -0.4 is 5.32 Å². The predicted molar refractivity (Wildman–Crippen MR) is 87.0 cm³/mol. The molecule has 0 aliphatic rings. The van der Waals surface area contributed by atoms with Crippen LogP contribution in [0, 0.1) is 13.8 Å². The van der Waals surface area contributed by atoms with Gasteiger partial charge in [-0.25, -0.2) is 4.98 Å². The van der Waals surface area contributed by atoms with Gasteiger partial charge in [-0.05, 0) is 38.0 Å². The maximum Gasteiger partial charge on any atom is 0.270 e. The first-order valence-corrected chi connectivity index (χ1v) is 7.37. The number of benzene rings is 1. The number of carbonyl (C=O) groups is 1. The van der Waals surface area contributed by atoms with Crippen molar-refractivity contribution in [2.24, 2.45) is 0 Å². The molecule has 0 saturated heterocycles. The Morgan fingerprint density at radius 2 is 1.86 bits per heavy atom. The Kier molecular flexibility index (Phi) is 3.67. The van der Waals surface area contributed by atoms with E-state index in [0.29, 0.717) is 5.69 Å². The Bertz CT molecular complexity index is 821. The maximum atomic E-state index is 12.7. The van der Waals surface area contributed by atoms with Gasteiger partial charge in [0.2, 0.25) is 0 Å². The van der Waals surface area contributed by atoms with Gasteiger partial charge in [0, 0.05) is 6.20 Å². The second-order valence-electron chi connectivity index (χ2n) is 5.59. The quantitative estimate of drug-likeness (QED) is 0.804. The van der Waals surface area contributed by atoms with Crippen LogP contribution >= 0.6 is 0 Å². The number of hydrogen-bond acceptors (Lipinski definition) is 2. The van der Waals surface area contributed by atoms with Crippen molar-refractivity contribution in [2.45, 2.75) is 26.8 Å². The van der Waals surface area contributed by atoms with E-state index < -0.39 is 0 Å². The molecule has 0 bridgehead atoms. The summed E-state index contributed by atoms with van der Waals surface area (Å²) >= 11 is 0. The third-order valence-electron chi connectivity index (χ3n) is 3.80. The largest absolute Gasteiger partial charge is 0.344 e. The Hall–Kier alpha value is -2.62. The lowest BCUT2D eigenvalue weighted by Crippen LogP contribution is -2.28. The first-order valence-electron chi connectivity index (χ1n) is 7.37. The molecule has 3 aromatic rings. The van der Waals surface area contributed by atoms with Gasteiger partial charge in [-0.15, -0.1) is 0 Å². The predicted octanol–water partition coefficient (Wildman–Crippen LogP) is 3.44. The summed E-state index contributed by atoms with van der Waals surface area (Å²) in [4.78, 5) is 17.1. The molecule has 1 unspecified atom stereocenters. The molecule has 1 aromatic carbocycles. The van der Waals surface area contributed by atoms with Crippen LogP contribution in [-0.4, -0.2) is 15.3 Å². The summed E-state index contributed by atoms with van der Waals surface area (Å²) in [6, 6.07) is 13.8. The molecule has 2 aromatic heterocycles. The fourth-order valence-corrected chi connectivity index (χ4v) is 2.63. The molecule has 112 valence electrons. The van der Waals surface area contributed by atoms with E-state index in [1.165, 1.54) is 0 Å². The molecule has 1 amide bonds. The van der Waals surface area contributed by atoms with Crippen molar-refractivity contribution in [1.29, 1.82) is 0 Å². The molecule has 1 atom stereocenters. The minimum atomic E-state index is -0.105. The van der Waals surface area contributed by atoms with E-state index in [0.717, 1.165) is 22.5 Å². The van der Waals surface area contributed by atoms with Gasteiger partial charge in [-0.1, -0.05) is 36.4 Å². The minimum absolute atomic E-state index is 0.0524. The highest BCUT2D eigenvalue weighted by atomic mass is 16.2. The van der Waals surface area contributed by atoms with Crippen molar-refractivity contribution >= 4 is 11.6 Å². The SMILES string of the molecule is Cc1ccc2nc(C)c(C(=O)NC(C)c3ccccc3)n2c1. The molecule has 4 nitrogen and oxygen atoms in total. The molecule has 3 rings (SSSR count). The van der Waals surface area contributed by atoms with Gasteiger partial charge in [0.25, 0.3) is 5.91 Å². The van der Waals surface area contributed by atoms with Crippen LogP contribution in [0.2, 0.25) is 0 Å². The number of imidazole rings is 1. The molecule has 0 aliphatic carbocycles. The van der Waals surface area contributed by atoms with E-state index in [-0.39, 0.29) is 11.9 Å². The van der Waals surface area contributed by atoms with Crippen molar-refractivity contribution in [2.75, 3.05) is 0 Å². The average Bonchev–Trinajstić information content (AvgIpc) is 2.83. The lowest BCUT2D eigenvalue weighted by molar-refractivity contribution is 0.0933. The molecular formula is C18H19N3O. The van der Waals surface area contributed by atoms with Crippen LogP contribution in [0.4, 0.5) is 0 Å². The molecule has 0 radical (unpaired) electrons. The van der Waals surface area contributed by atoms with Crippen LogP contribution in [-0.2, 0) is 0 Å². The molecule has 2 heterocycles. The number of nitrogens with one attached hydrogen (secondary N) is 1. The van der Waals surface area contributed by atoms with E-state index in [9.17, 15) is 4.79 Å². The Morgan fingerprint density at radius 3 is 2.59 bits per heavy atom. The van der Waals surface area contributed by atoms with Gasteiger partial charge >= 0.3 is 0 Å². The van der Waals surface area contributed by atoms with Gasteiger partial charge in [-0.2, -0.15) is 0 Å². The first kappa shape index (κ1) is 14.3. The molecular weight excluding hydrogens is 274 g/mol. The zero-order valence-electron chi connectivity index (χ0n) is 13.0. The maximum absolute atomic E-state index is 12.7. The number of aromatic nitrogens is 2. The summed E-state index contributed by atoms with van der Waals surface area (Å²) in [7, 11) is 0. The molecule has 0 aliphatic heterocycles. The molecule has 4 heteroatoms. The van der Waals surface area contributed by atoms with Crippen LogP contribution in [0.15, 0.2) is 48.7 Å². The second kappa shape index (κ2) is 5.64. The molecule has 0 fully saturated rings. The van der Waals surface area contributed by atoms with Crippen LogP contribution in [0.3, 0.4) is 0 Å². The first-order chi connectivity index (χ1) is 10.6. The van der Waals surface area contributed by atoms with Gasteiger partial charge < -0.3 is 5.32 Å². The topological polar surface area (TPSA) is 46.4 Å². The zero-order chi connectivity index (χ0) is 15.7. The Balaban J connectivity index is 1.92. The van der Waals surface area contributed by atoms with Crippen LogP contribution in [0.25, 0.3) is 5.65 Å². The number of rotatable bonds is 3. The van der Waals surface area contributed by atoms with E-state index in [1.807, 2.05) is 73.8 Å². The average molecular weight is 293 g/mol. The fraction of sp³-hybridized carbons (Fsp3) is 0.222. The third-order valence-corrected chi connectivity index (χ3v) is 3.80. The number of fused-ring (bicyclic) bond motifs is 1. The fourth-order valence-electron chi connectivity index (χ4n) is 2.63. The smallest absolute Gasteiger partial charge is 0.270 e. The number of nitrogens with zero attached hydrogens (tertiary/aromatic N) is 2. The van der Waals surface area contributed by atoms with Crippen molar-refractivity contribution in [3.8, 4) is 0 Å². The lowest BCUT2D eigenvalue weighted by Gasteiger charge is -2.14. The second-order valence-corrected chi connectivity index (χ2v) is 5.59. The lowest BCUT2D eigenvalue weighted by atomic mass is 10.1. The summed E-state index contributed by atoms with van der Waals surface area (Å²) in [6.07, 6.45) is 1.94.